The van der Waals surface area contributed by atoms with Gasteiger partial charge in [-0.25, -0.2) is 0 Å². The molecular formula is C12H16Br2N2O2. The van der Waals surface area contributed by atoms with E-state index in [0.717, 1.165) is 14.6 Å². The second kappa shape index (κ2) is 6.12. The van der Waals surface area contributed by atoms with Gasteiger partial charge in [0.2, 0.25) is 0 Å². The van der Waals surface area contributed by atoms with E-state index >= 15 is 0 Å². The summed E-state index contributed by atoms with van der Waals surface area (Å²) >= 11 is 6.78. The first-order valence-corrected chi connectivity index (χ1v) is 7.16. The predicted molar refractivity (Wildman–Crippen MR) is 77.4 cm³/mol. The molecule has 0 aliphatic heterocycles. The quantitative estimate of drug-likeness (QED) is 0.852. The maximum atomic E-state index is 11.3. The highest BCUT2D eigenvalue weighted by Crippen LogP contribution is 2.24. The molecule has 0 aromatic carbocycles. The van der Waals surface area contributed by atoms with Gasteiger partial charge in [0.05, 0.1) is 5.69 Å². The lowest BCUT2D eigenvalue weighted by Crippen LogP contribution is -2.49. The summed E-state index contributed by atoms with van der Waals surface area (Å²) in [6, 6.07) is 1.91. The Hall–Kier alpha value is -0.460. The van der Waals surface area contributed by atoms with Crippen LogP contribution in [0.15, 0.2) is 21.2 Å². The Balaban J connectivity index is 2.96. The van der Waals surface area contributed by atoms with Crippen molar-refractivity contribution >= 4 is 37.8 Å². The molecule has 0 amide bonds. The first-order valence-electron chi connectivity index (χ1n) is 5.57. The van der Waals surface area contributed by atoms with Gasteiger partial charge in [0.15, 0.2) is 0 Å². The highest BCUT2D eigenvalue weighted by molar-refractivity contribution is 9.11. The fourth-order valence-corrected chi connectivity index (χ4v) is 2.69. The van der Waals surface area contributed by atoms with Crippen LogP contribution in [0.5, 0.6) is 0 Å². The summed E-state index contributed by atoms with van der Waals surface area (Å²) in [6.07, 6.45) is 1.71. The smallest absolute Gasteiger partial charge is 0.323 e. The molecule has 1 aromatic rings. The number of aromatic nitrogens is 1. The van der Waals surface area contributed by atoms with Crippen LogP contribution >= 0.6 is 31.9 Å². The third-order valence-corrected chi connectivity index (χ3v) is 4.04. The monoisotopic (exact) mass is 378 g/mol. The van der Waals surface area contributed by atoms with Gasteiger partial charge in [-0.1, -0.05) is 6.92 Å². The first kappa shape index (κ1) is 15.6. The van der Waals surface area contributed by atoms with Gasteiger partial charge in [-0.05, 0) is 58.3 Å². The molecule has 0 bridgehead atoms. The summed E-state index contributed by atoms with van der Waals surface area (Å²) in [4.78, 5) is 17.5. The summed E-state index contributed by atoms with van der Waals surface area (Å²) < 4.78 is 1.76. The van der Waals surface area contributed by atoms with E-state index in [-0.39, 0.29) is 0 Å². The van der Waals surface area contributed by atoms with Gasteiger partial charge in [-0.3, -0.25) is 14.7 Å². The van der Waals surface area contributed by atoms with Crippen LogP contribution in [-0.2, 0) is 11.3 Å². The van der Waals surface area contributed by atoms with Gasteiger partial charge in [0.1, 0.15) is 5.54 Å². The predicted octanol–water partition coefficient (Wildman–Crippen LogP) is 3.29. The molecule has 100 valence electrons. The molecule has 0 saturated heterocycles. The Morgan fingerprint density at radius 1 is 1.50 bits per heavy atom. The van der Waals surface area contributed by atoms with E-state index in [0.29, 0.717) is 13.1 Å². The molecule has 6 heteroatoms. The fourth-order valence-electron chi connectivity index (χ4n) is 1.58. The van der Waals surface area contributed by atoms with Crippen molar-refractivity contribution < 1.29 is 9.90 Å². The molecule has 1 N–H and O–H groups in total. The number of likely N-dealkylation sites (N-methyl/N-ethyl adjacent to an activating group) is 1. The largest absolute Gasteiger partial charge is 0.480 e. The number of carbonyl (C=O) groups is 1. The molecule has 0 saturated carbocycles. The van der Waals surface area contributed by atoms with E-state index < -0.39 is 11.5 Å². The van der Waals surface area contributed by atoms with Gasteiger partial charge in [0.25, 0.3) is 0 Å². The number of carboxylic acids is 1. The number of halogens is 2. The molecule has 0 aliphatic rings. The molecule has 0 aliphatic carbocycles. The Labute approximate surface area is 124 Å². The lowest BCUT2D eigenvalue weighted by Gasteiger charge is -2.34. The summed E-state index contributed by atoms with van der Waals surface area (Å²) in [5.74, 6) is -0.836. The van der Waals surface area contributed by atoms with Crippen LogP contribution < -0.4 is 0 Å². The van der Waals surface area contributed by atoms with Crippen molar-refractivity contribution in [2.24, 2.45) is 0 Å². The average molecular weight is 380 g/mol. The maximum Gasteiger partial charge on any atom is 0.323 e. The zero-order valence-corrected chi connectivity index (χ0v) is 13.7. The minimum Gasteiger partial charge on any atom is -0.480 e. The third kappa shape index (κ3) is 3.52. The number of nitrogens with zero attached hydrogens (tertiary/aromatic N) is 2. The van der Waals surface area contributed by atoms with Crippen LogP contribution in [0.25, 0.3) is 0 Å². The van der Waals surface area contributed by atoms with Crippen molar-refractivity contribution in [3.63, 3.8) is 0 Å². The number of aliphatic carboxylic acids is 1. The van der Waals surface area contributed by atoms with E-state index in [1.54, 1.807) is 20.0 Å². The van der Waals surface area contributed by atoms with Gasteiger partial charge < -0.3 is 5.11 Å². The molecule has 4 nitrogen and oxygen atoms in total. The van der Waals surface area contributed by atoms with E-state index in [1.807, 2.05) is 17.9 Å². The van der Waals surface area contributed by atoms with Gasteiger partial charge >= 0.3 is 5.97 Å². The lowest BCUT2D eigenvalue weighted by molar-refractivity contribution is -0.149. The number of pyridine rings is 1. The SMILES string of the molecule is CCN(Cc1ncc(Br)cc1Br)C(C)(C)C(=O)O. The molecule has 1 heterocycles. The Bertz CT molecular complexity index is 450. The number of carboxylic acid groups (broad SMARTS) is 1. The highest BCUT2D eigenvalue weighted by atomic mass is 79.9. The molecule has 0 radical (unpaired) electrons. The topological polar surface area (TPSA) is 53.4 Å². The third-order valence-electron chi connectivity index (χ3n) is 2.92. The van der Waals surface area contributed by atoms with Crippen molar-refractivity contribution in [3.8, 4) is 0 Å². The van der Waals surface area contributed by atoms with E-state index in [9.17, 15) is 9.90 Å². The average Bonchev–Trinajstić information content (AvgIpc) is 2.27. The highest BCUT2D eigenvalue weighted by Gasteiger charge is 2.34. The second-order valence-corrected chi connectivity index (χ2v) is 6.23. The normalized spacial score (nSPS) is 11.9. The number of hydrogen-bond acceptors (Lipinski definition) is 3. The van der Waals surface area contributed by atoms with Crippen LogP contribution in [0.1, 0.15) is 26.5 Å². The van der Waals surface area contributed by atoms with Crippen LogP contribution in [0, 0.1) is 0 Å². The van der Waals surface area contributed by atoms with Crippen LogP contribution in [0.2, 0.25) is 0 Å². The Kier molecular flexibility index (Phi) is 5.31. The summed E-state index contributed by atoms with van der Waals surface area (Å²) in [5, 5.41) is 9.25. The van der Waals surface area contributed by atoms with E-state index in [1.165, 1.54) is 0 Å². The van der Waals surface area contributed by atoms with E-state index in [4.69, 9.17) is 0 Å². The van der Waals surface area contributed by atoms with Crippen molar-refractivity contribution in [1.29, 1.82) is 0 Å². The van der Waals surface area contributed by atoms with E-state index in [2.05, 4.69) is 36.8 Å². The second-order valence-electron chi connectivity index (χ2n) is 4.46. The molecule has 1 aromatic heterocycles. The number of rotatable bonds is 5. The molecular weight excluding hydrogens is 364 g/mol. The summed E-state index contributed by atoms with van der Waals surface area (Å²) in [7, 11) is 0. The molecule has 18 heavy (non-hydrogen) atoms. The standard InChI is InChI=1S/C12H16Br2N2O2/c1-4-16(12(2,3)11(17)18)7-10-9(14)5-8(13)6-15-10/h5-6H,4,7H2,1-3H3,(H,17,18). The Morgan fingerprint density at radius 3 is 2.56 bits per heavy atom. The van der Waals surface area contributed by atoms with Crippen molar-refractivity contribution in [2.45, 2.75) is 32.9 Å². The number of hydrogen-bond donors (Lipinski definition) is 1. The van der Waals surface area contributed by atoms with Gasteiger partial charge in [-0.2, -0.15) is 0 Å². The minimum atomic E-state index is -0.914. The maximum absolute atomic E-state index is 11.3. The summed E-state index contributed by atoms with van der Waals surface area (Å²) in [5.41, 5.74) is -0.0856. The molecule has 0 unspecified atom stereocenters. The zero-order chi connectivity index (χ0) is 13.9. The molecule has 0 atom stereocenters. The van der Waals surface area contributed by atoms with Crippen LogP contribution in [0.4, 0.5) is 0 Å². The van der Waals surface area contributed by atoms with Crippen molar-refractivity contribution in [1.82, 2.24) is 9.88 Å². The first-order chi connectivity index (χ1) is 8.28. The molecule has 1 rings (SSSR count). The van der Waals surface area contributed by atoms with Gasteiger partial charge in [-0.15, -0.1) is 0 Å². The van der Waals surface area contributed by atoms with Gasteiger partial charge in [0, 0.05) is 21.7 Å². The molecule has 0 spiro atoms. The van der Waals surface area contributed by atoms with Crippen LogP contribution in [0.3, 0.4) is 0 Å². The summed E-state index contributed by atoms with van der Waals surface area (Å²) in [6.45, 7) is 6.47. The van der Waals surface area contributed by atoms with Crippen LogP contribution in [-0.4, -0.2) is 33.0 Å². The Morgan fingerprint density at radius 2 is 2.11 bits per heavy atom. The minimum absolute atomic E-state index is 0.490. The van der Waals surface area contributed by atoms with Crippen molar-refractivity contribution in [2.75, 3.05) is 6.54 Å². The van der Waals surface area contributed by atoms with Crippen molar-refractivity contribution in [3.05, 3.63) is 26.9 Å². The fraction of sp³-hybridized carbons (Fsp3) is 0.500. The zero-order valence-electron chi connectivity index (χ0n) is 10.6. The molecule has 0 fully saturated rings. The lowest BCUT2D eigenvalue weighted by atomic mass is 10.0.